The molecule has 0 aliphatic carbocycles. The predicted octanol–water partition coefficient (Wildman–Crippen LogP) is 1.67. The van der Waals surface area contributed by atoms with Crippen LogP contribution in [-0.2, 0) is 9.59 Å². The average molecular weight is 290 g/mol. The maximum Gasteiger partial charge on any atom is 0.236 e. The number of carbonyl (C=O) groups is 2. The lowest BCUT2D eigenvalue weighted by Gasteiger charge is -2.27. The van der Waals surface area contributed by atoms with Gasteiger partial charge in [-0.2, -0.15) is 0 Å². The van der Waals surface area contributed by atoms with Crippen LogP contribution in [0.3, 0.4) is 0 Å². The third-order valence-corrected chi connectivity index (χ3v) is 3.80. The molecule has 2 amide bonds. The number of carbonyl (C=O) groups excluding carboxylic acids is 2. The number of ether oxygens (including phenoxy) is 1. The molecule has 21 heavy (non-hydrogen) atoms. The first-order chi connectivity index (χ1) is 10.1. The fourth-order valence-corrected chi connectivity index (χ4v) is 2.46. The first kappa shape index (κ1) is 15.5. The van der Waals surface area contributed by atoms with Crippen molar-refractivity contribution >= 4 is 11.8 Å². The number of likely N-dealkylation sites (N-methyl/N-ethyl adjacent to an activating group) is 1. The first-order valence-corrected chi connectivity index (χ1v) is 7.36. The maximum atomic E-state index is 12.1. The van der Waals surface area contributed by atoms with Crippen LogP contribution in [0.2, 0.25) is 0 Å². The molecule has 0 saturated carbocycles. The smallest absolute Gasteiger partial charge is 0.236 e. The summed E-state index contributed by atoms with van der Waals surface area (Å²) in [6.45, 7) is 1.33. The Balaban J connectivity index is 1.95. The molecule has 1 fully saturated rings. The predicted molar refractivity (Wildman–Crippen MR) is 80.0 cm³/mol. The zero-order valence-electron chi connectivity index (χ0n) is 12.4. The first-order valence-electron chi connectivity index (χ1n) is 7.36. The van der Waals surface area contributed by atoms with E-state index in [1.807, 2.05) is 24.3 Å². The molecule has 1 atom stereocenters. The number of nitrogens with zero attached hydrogens (tertiary/aromatic N) is 1. The fourth-order valence-electron chi connectivity index (χ4n) is 2.46. The van der Waals surface area contributed by atoms with Crippen molar-refractivity contribution in [3.8, 4) is 5.75 Å². The molecule has 0 bridgehead atoms. The zero-order valence-corrected chi connectivity index (χ0v) is 12.4. The number of imide groups is 1. The summed E-state index contributed by atoms with van der Waals surface area (Å²) in [5.74, 6) is 0.349. The van der Waals surface area contributed by atoms with Crippen LogP contribution in [-0.4, -0.2) is 36.9 Å². The second-order valence-corrected chi connectivity index (χ2v) is 5.30. The largest absolute Gasteiger partial charge is 0.494 e. The number of amides is 2. The minimum absolute atomic E-state index is 0.101. The lowest BCUT2D eigenvalue weighted by molar-refractivity contribution is -0.147. The Morgan fingerprint density at radius 2 is 1.95 bits per heavy atom. The normalized spacial score (nSPS) is 19.0. The standard InChI is InChI=1S/C16H22N2O3/c1-18-15(19)9-8-14(16(18)20)12-4-6-13(7-5-12)21-11-3-2-10-17/h4-7,14H,2-3,8-11,17H2,1H3. The number of piperidine rings is 1. The monoisotopic (exact) mass is 290 g/mol. The van der Waals surface area contributed by atoms with Gasteiger partial charge in [0.05, 0.1) is 12.5 Å². The van der Waals surface area contributed by atoms with E-state index in [2.05, 4.69) is 0 Å². The van der Waals surface area contributed by atoms with Gasteiger partial charge in [0.15, 0.2) is 0 Å². The van der Waals surface area contributed by atoms with Crippen molar-refractivity contribution < 1.29 is 14.3 Å². The van der Waals surface area contributed by atoms with Gasteiger partial charge in [0.25, 0.3) is 0 Å². The molecule has 1 aromatic carbocycles. The molecule has 1 heterocycles. The van der Waals surface area contributed by atoms with Crippen LogP contribution in [0.15, 0.2) is 24.3 Å². The summed E-state index contributed by atoms with van der Waals surface area (Å²) >= 11 is 0. The highest BCUT2D eigenvalue weighted by Crippen LogP contribution is 2.29. The van der Waals surface area contributed by atoms with Crippen molar-refractivity contribution in [1.82, 2.24) is 4.90 Å². The minimum atomic E-state index is -0.223. The molecular weight excluding hydrogens is 268 g/mol. The van der Waals surface area contributed by atoms with E-state index in [9.17, 15) is 9.59 Å². The number of hydrogen-bond acceptors (Lipinski definition) is 4. The number of benzene rings is 1. The maximum absolute atomic E-state index is 12.1. The van der Waals surface area contributed by atoms with Crippen LogP contribution in [0.5, 0.6) is 5.75 Å². The SMILES string of the molecule is CN1C(=O)CCC(c2ccc(OCCCCN)cc2)C1=O. The molecule has 5 heteroatoms. The van der Waals surface area contributed by atoms with Crippen molar-refractivity contribution in [3.05, 3.63) is 29.8 Å². The van der Waals surface area contributed by atoms with Gasteiger partial charge in [-0.15, -0.1) is 0 Å². The molecular formula is C16H22N2O3. The zero-order chi connectivity index (χ0) is 15.2. The van der Waals surface area contributed by atoms with Gasteiger partial charge in [0.1, 0.15) is 5.75 Å². The van der Waals surface area contributed by atoms with E-state index in [0.29, 0.717) is 26.0 Å². The van der Waals surface area contributed by atoms with E-state index in [4.69, 9.17) is 10.5 Å². The average Bonchev–Trinajstić information content (AvgIpc) is 2.50. The molecule has 1 saturated heterocycles. The van der Waals surface area contributed by atoms with Gasteiger partial charge in [0.2, 0.25) is 11.8 Å². The third kappa shape index (κ3) is 3.82. The van der Waals surface area contributed by atoms with Crippen LogP contribution in [0.4, 0.5) is 0 Å². The third-order valence-electron chi connectivity index (χ3n) is 3.80. The molecule has 114 valence electrons. The van der Waals surface area contributed by atoms with E-state index in [-0.39, 0.29) is 17.7 Å². The Labute approximate surface area is 125 Å². The van der Waals surface area contributed by atoms with Crippen molar-refractivity contribution in [1.29, 1.82) is 0 Å². The molecule has 5 nitrogen and oxygen atoms in total. The second kappa shape index (κ2) is 7.22. The van der Waals surface area contributed by atoms with Crippen molar-refractivity contribution in [2.75, 3.05) is 20.2 Å². The highest BCUT2D eigenvalue weighted by molar-refractivity contribution is 6.00. The molecule has 0 radical (unpaired) electrons. The number of hydrogen-bond donors (Lipinski definition) is 1. The lowest BCUT2D eigenvalue weighted by atomic mass is 9.90. The molecule has 1 unspecified atom stereocenters. The van der Waals surface area contributed by atoms with E-state index >= 15 is 0 Å². The molecule has 0 spiro atoms. The van der Waals surface area contributed by atoms with Gasteiger partial charge in [-0.05, 0) is 43.5 Å². The number of unbranched alkanes of at least 4 members (excludes halogenated alkanes) is 1. The molecule has 1 aliphatic heterocycles. The summed E-state index contributed by atoms with van der Waals surface area (Å²) in [5, 5.41) is 0. The van der Waals surface area contributed by atoms with Gasteiger partial charge in [0, 0.05) is 13.5 Å². The van der Waals surface area contributed by atoms with Crippen LogP contribution < -0.4 is 10.5 Å². The summed E-state index contributed by atoms with van der Waals surface area (Å²) in [6.07, 6.45) is 2.89. The van der Waals surface area contributed by atoms with Crippen LogP contribution in [0, 0.1) is 0 Å². The number of likely N-dealkylation sites (tertiary alicyclic amines) is 1. The van der Waals surface area contributed by atoms with Crippen molar-refractivity contribution in [2.45, 2.75) is 31.6 Å². The number of rotatable bonds is 6. The Morgan fingerprint density at radius 1 is 1.24 bits per heavy atom. The Kier molecular flexibility index (Phi) is 5.33. The van der Waals surface area contributed by atoms with Crippen LogP contribution in [0.1, 0.15) is 37.2 Å². The van der Waals surface area contributed by atoms with E-state index in [1.54, 1.807) is 7.05 Å². The Bertz CT molecular complexity index is 499. The van der Waals surface area contributed by atoms with E-state index in [1.165, 1.54) is 4.90 Å². The van der Waals surface area contributed by atoms with E-state index in [0.717, 1.165) is 24.2 Å². The Morgan fingerprint density at radius 3 is 2.62 bits per heavy atom. The van der Waals surface area contributed by atoms with Crippen molar-refractivity contribution in [3.63, 3.8) is 0 Å². The summed E-state index contributed by atoms with van der Waals surface area (Å²) in [7, 11) is 1.55. The molecule has 2 N–H and O–H groups in total. The molecule has 2 rings (SSSR count). The fraction of sp³-hybridized carbons (Fsp3) is 0.500. The van der Waals surface area contributed by atoms with Crippen molar-refractivity contribution in [2.24, 2.45) is 5.73 Å². The van der Waals surface area contributed by atoms with Crippen LogP contribution >= 0.6 is 0 Å². The summed E-state index contributed by atoms with van der Waals surface area (Å²) in [4.78, 5) is 24.8. The highest BCUT2D eigenvalue weighted by Gasteiger charge is 2.32. The van der Waals surface area contributed by atoms with Gasteiger partial charge in [-0.3, -0.25) is 14.5 Å². The van der Waals surface area contributed by atoms with Gasteiger partial charge in [-0.1, -0.05) is 12.1 Å². The summed E-state index contributed by atoms with van der Waals surface area (Å²) < 4.78 is 5.61. The highest BCUT2D eigenvalue weighted by atomic mass is 16.5. The molecule has 0 aromatic heterocycles. The molecule has 1 aliphatic rings. The molecule has 1 aromatic rings. The lowest BCUT2D eigenvalue weighted by Crippen LogP contribution is -2.41. The van der Waals surface area contributed by atoms with Crippen LogP contribution in [0.25, 0.3) is 0 Å². The van der Waals surface area contributed by atoms with Gasteiger partial charge in [-0.25, -0.2) is 0 Å². The second-order valence-electron chi connectivity index (χ2n) is 5.30. The summed E-state index contributed by atoms with van der Waals surface area (Å²) in [6, 6.07) is 7.57. The van der Waals surface area contributed by atoms with E-state index < -0.39 is 0 Å². The summed E-state index contributed by atoms with van der Waals surface area (Å²) in [5.41, 5.74) is 6.37. The topological polar surface area (TPSA) is 72.6 Å². The quantitative estimate of drug-likeness (QED) is 0.639. The number of nitrogens with two attached hydrogens (primary N) is 1. The minimum Gasteiger partial charge on any atom is -0.494 e. The van der Waals surface area contributed by atoms with Gasteiger partial charge >= 0.3 is 0 Å². The Hall–Kier alpha value is -1.88. The van der Waals surface area contributed by atoms with Gasteiger partial charge < -0.3 is 10.5 Å².